The summed E-state index contributed by atoms with van der Waals surface area (Å²) in [4.78, 5) is 37.0. The Kier molecular flexibility index (Phi) is 7.43. The molecule has 0 aliphatic heterocycles. The summed E-state index contributed by atoms with van der Waals surface area (Å²) >= 11 is 1.33. The lowest BCUT2D eigenvalue weighted by Crippen LogP contribution is -2.41. The first-order valence-electron chi connectivity index (χ1n) is 8.37. The van der Waals surface area contributed by atoms with Crippen molar-refractivity contribution in [3.63, 3.8) is 0 Å². The van der Waals surface area contributed by atoms with E-state index in [0.29, 0.717) is 5.56 Å². The van der Waals surface area contributed by atoms with Crippen LogP contribution < -0.4 is 10.6 Å². The summed E-state index contributed by atoms with van der Waals surface area (Å²) in [5, 5.41) is 4.44. The maximum atomic E-state index is 12.3. The van der Waals surface area contributed by atoms with Crippen LogP contribution in [0.15, 0.2) is 53.4 Å². The molecule has 0 heterocycles. The fraction of sp³-hybridized carbons (Fsp3) is 0.250. The third-order valence-corrected chi connectivity index (χ3v) is 4.86. The molecule has 0 radical (unpaired) electrons. The highest BCUT2D eigenvalue weighted by atomic mass is 32.2. The molecule has 3 amide bonds. The third-order valence-electron chi connectivity index (χ3n) is 3.89. The minimum absolute atomic E-state index is 0.0547. The van der Waals surface area contributed by atoms with Gasteiger partial charge in [0.15, 0.2) is 0 Å². The van der Waals surface area contributed by atoms with Crippen molar-refractivity contribution < 1.29 is 19.1 Å². The van der Waals surface area contributed by atoms with E-state index in [1.165, 1.54) is 24.4 Å². The van der Waals surface area contributed by atoms with E-state index in [2.05, 4.69) is 10.6 Å². The molecule has 7 heteroatoms. The summed E-state index contributed by atoms with van der Waals surface area (Å²) in [6, 6.07) is 13.8. The van der Waals surface area contributed by atoms with Crippen LogP contribution in [0.4, 0.5) is 4.79 Å². The van der Waals surface area contributed by atoms with E-state index in [0.717, 1.165) is 10.5 Å². The number of nitrogens with one attached hydrogen (secondary N) is 2. The predicted octanol–water partition coefficient (Wildman–Crippen LogP) is 3.14. The number of hydrogen-bond acceptors (Lipinski definition) is 5. The van der Waals surface area contributed by atoms with Gasteiger partial charge in [-0.2, -0.15) is 0 Å². The Morgan fingerprint density at radius 3 is 2.37 bits per heavy atom. The molecule has 2 rings (SSSR count). The molecule has 0 unspecified atom stereocenters. The van der Waals surface area contributed by atoms with Crippen LogP contribution in [0.1, 0.15) is 22.8 Å². The van der Waals surface area contributed by atoms with Crippen molar-refractivity contribution in [3.05, 3.63) is 65.2 Å². The molecular formula is C20H22N2O4S. The molecule has 142 valence electrons. The number of benzene rings is 2. The van der Waals surface area contributed by atoms with E-state index in [9.17, 15) is 14.4 Å². The Balaban J connectivity index is 2.05. The highest BCUT2D eigenvalue weighted by molar-refractivity contribution is 8.00. The number of thioether (sulfide) groups is 1. The average Bonchev–Trinajstić information content (AvgIpc) is 2.67. The number of amides is 3. The highest BCUT2D eigenvalue weighted by Crippen LogP contribution is 2.23. The van der Waals surface area contributed by atoms with Gasteiger partial charge in [0.05, 0.1) is 5.75 Å². The first-order valence-corrected chi connectivity index (χ1v) is 9.36. The molecule has 0 bridgehead atoms. The highest BCUT2D eigenvalue weighted by Gasteiger charge is 2.26. The number of aryl methyl sites for hydroxylation is 2. The molecular weight excluding hydrogens is 364 g/mol. The molecule has 0 aromatic heterocycles. The fourth-order valence-corrected chi connectivity index (χ4v) is 3.03. The standard InChI is InChI=1S/C20H22N2O4S/c1-13-9-10-16(11-14(13)2)27-12-17(23)26-18(15-7-5-4-6-8-15)19(24)22-20(25)21-3/h4-11,18H,12H2,1-3H3,(H2,21,22,24,25)/t18-/m1/s1. The zero-order chi connectivity index (χ0) is 19.8. The van der Waals surface area contributed by atoms with Gasteiger partial charge in [-0.1, -0.05) is 36.4 Å². The van der Waals surface area contributed by atoms with Crippen LogP contribution in [0, 0.1) is 13.8 Å². The number of esters is 1. The van der Waals surface area contributed by atoms with E-state index in [1.807, 2.05) is 32.0 Å². The summed E-state index contributed by atoms with van der Waals surface area (Å²) in [7, 11) is 1.40. The molecule has 27 heavy (non-hydrogen) atoms. The number of imide groups is 1. The second-order valence-electron chi connectivity index (χ2n) is 5.88. The van der Waals surface area contributed by atoms with Crippen molar-refractivity contribution in [3.8, 4) is 0 Å². The normalized spacial score (nSPS) is 11.4. The zero-order valence-corrected chi connectivity index (χ0v) is 16.3. The van der Waals surface area contributed by atoms with Gasteiger partial charge in [-0.25, -0.2) is 4.79 Å². The van der Waals surface area contributed by atoms with E-state index in [4.69, 9.17) is 4.74 Å². The van der Waals surface area contributed by atoms with E-state index in [-0.39, 0.29) is 5.75 Å². The van der Waals surface area contributed by atoms with E-state index in [1.54, 1.807) is 30.3 Å². The van der Waals surface area contributed by atoms with Crippen molar-refractivity contribution in [2.75, 3.05) is 12.8 Å². The van der Waals surface area contributed by atoms with Crippen molar-refractivity contribution >= 4 is 29.7 Å². The molecule has 2 aromatic carbocycles. The number of carbonyl (C=O) groups is 3. The molecule has 0 aliphatic rings. The average molecular weight is 386 g/mol. The first kappa shape index (κ1) is 20.5. The number of hydrogen-bond donors (Lipinski definition) is 2. The SMILES string of the molecule is CNC(=O)NC(=O)[C@H](OC(=O)CSc1ccc(C)c(C)c1)c1ccccc1. The van der Waals surface area contributed by atoms with Crippen molar-refractivity contribution in [2.45, 2.75) is 24.8 Å². The van der Waals surface area contributed by atoms with Crippen molar-refractivity contribution in [2.24, 2.45) is 0 Å². The molecule has 0 fully saturated rings. The van der Waals surface area contributed by atoms with Crippen LogP contribution in [0.2, 0.25) is 0 Å². The summed E-state index contributed by atoms with van der Waals surface area (Å²) in [6.07, 6.45) is -1.20. The van der Waals surface area contributed by atoms with E-state index < -0.39 is 24.0 Å². The third kappa shape index (κ3) is 6.14. The summed E-state index contributed by atoms with van der Waals surface area (Å²) in [6.45, 7) is 4.03. The van der Waals surface area contributed by atoms with Gasteiger partial charge in [0, 0.05) is 17.5 Å². The maximum Gasteiger partial charge on any atom is 0.321 e. The van der Waals surface area contributed by atoms with Gasteiger partial charge in [0.1, 0.15) is 0 Å². The van der Waals surface area contributed by atoms with Gasteiger partial charge in [0.25, 0.3) is 5.91 Å². The van der Waals surface area contributed by atoms with Crippen LogP contribution in [0.5, 0.6) is 0 Å². The molecule has 1 atom stereocenters. The van der Waals surface area contributed by atoms with Crippen LogP contribution in [0.3, 0.4) is 0 Å². The molecule has 2 aromatic rings. The molecule has 2 N–H and O–H groups in total. The molecule has 0 aliphatic carbocycles. The van der Waals surface area contributed by atoms with Crippen molar-refractivity contribution in [1.29, 1.82) is 0 Å². The second-order valence-corrected chi connectivity index (χ2v) is 6.93. The van der Waals surface area contributed by atoms with Gasteiger partial charge in [0.2, 0.25) is 6.10 Å². The van der Waals surface area contributed by atoms with Gasteiger partial charge >= 0.3 is 12.0 Å². The van der Waals surface area contributed by atoms with Crippen molar-refractivity contribution in [1.82, 2.24) is 10.6 Å². The summed E-state index contributed by atoms with van der Waals surface area (Å²) < 4.78 is 5.37. The quantitative estimate of drug-likeness (QED) is 0.589. The minimum atomic E-state index is -1.20. The van der Waals surface area contributed by atoms with Crippen LogP contribution in [-0.2, 0) is 14.3 Å². The predicted molar refractivity (Wildman–Crippen MR) is 105 cm³/mol. The summed E-state index contributed by atoms with van der Waals surface area (Å²) in [5.41, 5.74) is 2.81. The maximum absolute atomic E-state index is 12.3. The van der Waals surface area contributed by atoms with Crippen LogP contribution in [0.25, 0.3) is 0 Å². The Labute approximate surface area is 162 Å². The van der Waals surface area contributed by atoms with Crippen LogP contribution in [-0.4, -0.2) is 30.7 Å². The van der Waals surface area contributed by atoms with Gasteiger partial charge < -0.3 is 10.1 Å². The minimum Gasteiger partial charge on any atom is -0.447 e. The fourth-order valence-electron chi connectivity index (χ4n) is 2.25. The lowest BCUT2D eigenvalue weighted by molar-refractivity contribution is -0.153. The number of urea groups is 1. The zero-order valence-electron chi connectivity index (χ0n) is 15.4. The molecule has 0 saturated heterocycles. The smallest absolute Gasteiger partial charge is 0.321 e. The number of rotatable bonds is 6. The second kappa shape index (κ2) is 9.78. The van der Waals surface area contributed by atoms with Gasteiger partial charge in [-0.05, 0) is 37.1 Å². The lowest BCUT2D eigenvalue weighted by atomic mass is 10.1. The topological polar surface area (TPSA) is 84.5 Å². The number of ether oxygens (including phenoxy) is 1. The van der Waals surface area contributed by atoms with Gasteiger partial charge in [-0.3, -0.25) is 14.9 Å². The number of carbonyl (C=O) groups excluding carboxylic acids is 3. The largest absolute Gasteiger partial charge is 0.447 e. The monoisotopic (exact) mass is 386 g/mol. The Morgan fingerprint density at radius 2 is 1.74 bits per heavy atom. The van der Waals surface area contributed by atoms with Crippen LogP contribution >= 0.6 is 11.8 Å². The van der Waals surface area contributed by atoms with Gasteiger partial charge in [-0.15, -0.1) is 11.8 Å². The Hall–Kier alpha value is -2.80. The van der Waals surface area contributed by atoms with E-state index >= 15 is 0 Å². The Morgan fingerprint density at radius 1 is 1.04 bits per heavy atom. The molecule has 0 saturated carbocycles. The first-order chi connectivity index (χ1) is 12.9. The Bertz CT molecular complexity index is 824. The lowest BCUT2D eigenvalue weighted by Gasteiger charge is -2.17. The summed E-state index contributed by atoms with van der Waals surface area (Å²) in [5.74, 6) is -1.19. The molecule has 6 nitrogen and oxygen atoms in total. The molecule has 0 spiro atoms.